The number of rotatable bonds is 7. The largest absolute Gasteiger partial charge is 0.356 e. The molecule has 7 heteroatoms. The summed E-state index contributed by atoms with van der Waals surface area (Å²) < 4.78 is 4.32. The first-order valence-corrected chi connectivity index (χ1v) is 10.0. The van der Waals surface area contributed by atoms with Crippen molar-refractivity contribution < 1.29 is 0 Å². The van der Waals surface area contributed by atoms with E-state index >= 15 is 0 Å². The molecule has 0 unspecified atom stereocenters. The molecule has 0 bridgehead atoms. The Morgan fingerprint density at radius 1 is 1.03 bits per heavy atom. The molecule has 4 aromatic rings. The van der Waals surface area contributed by atoms with Crippen LogP contribution < -0.4 is 10.6 Å². The Bertz CT molecular complexity index is 1090. The molecule has 0 saturated heterocycles. The van der Waals surface area contributed by atoms with Crippen LogP contribution in [-0.2, 0) is 13.0 Å². The number of aryl methyl sites for hydroxylation is 2. The quantitative estimate of drug-likeness (QED) is 0.290. The first-order valence-electron chi connectivity index (χ1n) is 10.0. The van der Waals surface area contributed by atoms with Gasteiger partial charge in [-0.2, -0.15) is 0 Å². The monoisotopic (exact) mass is 389 g/mol. The summed E-state index contributed by atoms with van der Waals surface area (Å²) in [5, 5.41) is 6.76. The molecule has 4 rings (SSSR count). The second-order valence-corrected chi connectivity index (χ2v) is 7.03. The zero-order valence-electron chi connectivity index (χ0n) is 17.0. The Balaban J connectivity index is 1.23. The third-order valence-corrected chi connectivity index (χ3v) is 5.01. The molecule has 29 heavy (non-hydrogen) atoms. The van der Waals surface area contributed by atoms with Crippen LogP contribution in [0, 0.1) is 6.92 Å². The summed E-state index contributed by atoms with van der Waals surface area (Å²) in [5.74, 6) is 1.88. The van der Waals surface area contributed by atoms with E-state index in [0.717, 1.165) is 61.1 Å². The van der Waals surface area contributed by atoms with Crippen molar-refractivity contribution in [3.63, 3.8) is 0 Å². The van der Waals surface area contributed by atoms with Crippen LogP contribution in [0.25, 0.3) is 16.7 Å². The zero-order valence-corrected chi connectivity index (χ0v) is 17.0. The van der Waals surface area contributed by atoms with Gasteiger partial charge in [0.2, 0.25) is 0 Å². The molecule has 2 N–H and O–H groups in total. The van der Waals surface area contributed by atoms with E-state index in [1.807, 2.05) is 34.9 Å². The number of hydrogen-bond acceptors (Lipinski definition) is 3. The van der Waals surface area contributed by atoms with Crippen molar-refractivity contribution in [2.75, 3.05) is 20.1 Å². The van der Waals surface area contributed by atoms with E-state index in [-0.39, 0.29) is 0 Å². The van der Waals surface area contributed by atoms with Crippen LogP contribution in [0.2, 0.25) is 0 Å². The fourth-order valence-electron chi connectivity index (χ4n) is 3.56. The number of pyridine rings is 1. The third-order valence-electron chi connectivity index (χ3n) is 5.01. The van der Waals surface area contributed by atoms with Gasteiger partial charge in [-0.05, 0) is 37.6 Å². The van der Waals surface area contributed by atoms with Gasteiger partial charge in [-0.25, -0.2) is 9.97 Å². The molecule has 0 atom stereocenters. The van der Waals surface area contributed by atoms with Gasteiger partial charge in [-0.1, -0.05) is 18.2 Å². The maximum Gasteiger partial charge on any atom is 0.190 e. The van der Waals surface area contributed by atoms with Gasteiger partial charge >= 0.3 is 0 Å². The van der Waals surface area contributed by atoms with Gasteiger partial charge < -0.3 is 19.6 Å². The number of benzene rings is 1. The summed E-state index contributed by atoms with van der Waals surface area (Å²) >= 11 is 0. The van der Waals surface area contributed by atoms with E-state index in [2.05, 4.69) is 61.5 Å². The number of fused-ring (bicyclic) bond motifs is 2. The number of hydrogen-bond donors (Lipinski definition) is 2. The van der Waals surface area contributed by atoms with Gasteiger partial charge in [-0.15, -0.1) is 0 Å². The molecule has 3 heterocycles. The van der Waals surface area contributed by atoms with Crippen LogP contribution in [0.1, 0.15) is 17.9 Å². The number of nitrogens with zero attached hydrogens (tertiary/aromatic N) is 5. The van der Waals surface area contributed by atoms with Crippen LogP contribution in [0.4, 0.5) is 0 Å². The SMILES string of the molecule is CN=C(NCCCn1c(C)nc2ccccc21)NCCc1cn2ccccc2n1. The first kappa shape index (κ1) is 19.0. The van der Waals surface area contributed by atoms with Crippen molar-refractivity contribution in [1.29, 1.82) is 0 Å². The fourth-order valence-corrected chi connectivity index (χ4v) is 3.56. The van der Waals surface area contributed by atoms with Crippen LogP contribution >= 0.6 is 0 Å². The third kappa shape index (κ3) is 4.39. The predicted molar refractivity (Wildman–Crippen MR) is 117 cm³/mol. The molecule has 1 aromatic carbocycles. The van der Waals surface area contributed by atoms with Gasteiger partial charge in [0, 0.05) is 45.5 Å². The lowest BCUT2D eigenvalue weighted by Crippen LogP contribution is -2.39. The molecule has 0 spiro atoms. The lowest BCUT2D eigenvalue weighted by Gasteiger charge is -2.12. The highest BCUT2D eigenvalue weighted by Crippen LogP contribution is 2.15. The summed E-state index contributed by atoms with van der Waals surface area (Å²) in [6.45, 7) is 4.62. The Morgan fingerprint density at radius 2 is 1.86 bits per heavy atom. The van der Waals surface area contributed by atoms with E-state index in [4.69, 9.17) is 0 Å². The normalized spacial score (nSPS) is 12.0. The second-order valence-electron chi connectivity index (χ2n) is 7.03. The maximum absolute atomic E-state index is 4.63. The Kier molecular flexibility index (Phi) is 5.74. The van der Waals surface area contributed by atoms with Crippen LogP contribution in [-0.4, -0.2) is 45.0 Å². The van der Waals surface area contributed by atoms with Crippen molar-refractivity contribution in [2.45, 2.75) is 26.3 Å². The average molecular weight is 390 g/mol. The molecule has 3 aromatic heterocycles. The Morgan fingerprint density at radius 3 is 2.72 bits per heavy atom. The summed E-state index contributed by atoms with van der Waals surface area (Å²) in [4.78, 5) is 13.6. The summed E-state index contributed by atoms with van der Waals surface area (Å²) in [7, 11) is 1.80. The first-order chi connectivity index (χ1) is 14.2. The second kappa shape index (κ2) is 8.77. The van der Waals surface area contributed by atoms with E-state index in [0.29, 0.717) is 0 Å². The lowest BCUT2D eigenvalue weighted by molar-refractivity contribution is 0.624. The molecule has 0 radical (unpaired) electrons. The molecular weight excluding hydrogens is 362 g/mol. The van der Waals surface area contributed by atoms with E-state index in [1.54, 1.807) is 7.05 Å². The number of aliphatic imine (C=N–C) groups is 1. The van der Waals surface area contributed by atoms with E-state index < -0.39 is 0 Å². The number of imidazole rings is 2. The summed E-state index contributed by atoms with van der Waals surface area (Å²) in [5.41, 5.74) is 4.30. The highest BCUT2D eigenvalue weighted by molar-refractivity contribution is 5.79. The summed E-state index contributed by atoms with van der Waals surface area (Å²) in [6, 6.07) is 14.3. The van der Waals surface area contributed by atoms with Gasteiger partial charge in [0.25, 0.3) is 0 Å². The van der Waals surface area contributed by atoms with Crippen LogP contribution in [0.3, 0.4) is 0 Å². The minimum absolute atomic E-state index is 0.787. The van der Waals surface area contributed by atoms with Crippen LogP contribution in [0.15, 0.2) is 59.9 Å². The van der Waals surface area contributed by atoms with Crippen molar-refractivity contribution in [3.05, 3.63) is 66.4 Å². The summed E-state index contributed by atoms with van der Waals surface area (Å²) in [6.07, 6.45) is 5.94. The van der Waals surface area contributed by atoms with Crippen molar-refractivity contribution >= 4 is 22.6 Å². The number of guanidine groups is 1. The molecule has 150 valence electrons. The Labute approximate surface area is 170 Å². The number of para-hydroxylation sites is 2. The van der Waals surface area contributed by atoms with Crippen molar-refractivity contribution in [3.8, 4) is 0 Å². The van der Waals surface area contributed by atoms with Gasteiger partial charge in [-0.3, -0.25) is 4.99 Å². The number of nitrogens with one attached hydrogen (secondary N) is 2. The molecule has 0 fully saturated rings. The number of aromatic nitrogens is 4. The van der Waals surface area contributed by atoms with E-state index in [1.165, 1.54) is 5.52 Å². The average Bonchev–Trinajstić information content (AvgIpc) is 3.29. The predicted octanol–water partition coefficient (Wildman–Crippen LogP) is 2.79. The highest BCUT2D eigenvalue weighted by atomic mass is 15.2. The Hall–Kier alpha value is -3.35. The lowest BCUT2D eigenvalue weighted by atomic mass is 10.3. The van der Waals surface area contributed by atoms with Crippen molar-refractivity contribution in [1.82, 2.24) is 29.6 Å². The van der Waals surface area contributed by atoms with E-state index in [9.17, 15) is 0 Å². The van der Waals surface area contributed by atoms with Gasteiger partial charge in [0.1, 0.15) is 11.5 Å². The molecule has 0 saturated carbocycles. The topological polar surface area (TPSA) is 71.5 Å². The molecular formula is C22H27N7. The van der Waals surface area contributed by atoms with Gasteiger partial charge in [0.05, 0.1) is 16.7 Å². The van der Waals surface area contributed by atoms with Crippen LogP contribution in [0.5, 0.6) is 0 Å². The minimum Gasteiger partial charge on any atom is -0.356 e. The molecule has 0 amide bonds. The standard InChI is InChI=1S/C22H27N7/c1-17-26-19-8-3-4-9-20(19)29(17)15-7-12-24-22(23-2)25-13-11-18-16-28-14-6-5-10-21(28)27-18/h3-6,8-10,14,16H,7,11-13,15H2,1-2H3,(H2,23,24,25). The zero-order chi connectivity index (χ0) is 20.1. The molecule has 0 aliphatic heterocycles. The molecule has 0 aliphatic carbocycles. The molecule has 0 aliphatic rings. The smallest absolute Gasteiger partial charge is 0.190 e. The highest BCUT2D eigenvalue weighted by Gasteiger charge is 2.06. The molecule has 7 nitrogen and oxygen atoms in total. The maximum atomic E-state index is 4.63. The minimum atomic E-state index is 0.787. The van der Waals surface area contributed by atoms with Crippen molar-refractivity contribution in [2.24, 2.45) is 4.99 Å². The fraction of sp³-hybridized carbons (Fsp3) is 0.318. The van der Waals surface area contributed by atoms with Gasteiger partial charge in [0.15, 0.2) is 5.96 Å².